The number of aromatic nitrogens is 2. The van der Waals surface area contributed by atoms with E-state index in [9.17, 15) is 4.79 Å². The number of amides is 2. The van der Waals surface area contributed by atoms with Crippen molar-refractivity contribution in [1.29, 1.82) is 0 Å². The van der Waals surface area contributed by atoms with Gasteiger partial charge in [-0.2, -0.15) is 4.98 Å². The number of carbonyl (C=O) groups is 1. The zero-order valence-corrected chi connectivity index (χ0v) is 20.7. The lowest BCUT2D eigenvalue weighted by atomic mass is 9.93. The predicted molar refractivity (Wildman–Crippen MR) is 130 cm³/mol. The summed E-state index contributed by atoms with van der Waals surface area (Å²) < 4.78 is 21.4. The summed E-state index contributed by atoms with van der Waals surface area (Å²) in [5, 5.41) is 9.82. The molecule has 0 atom stereocenters. The highest BCUT2D eigenvalue weighted by molar-refractivity contribution is 5.91. The summed E-state index contributed by atoms with van der Waals surface area (Å²) in [7, 11) is 4.60. The third kappa shape index (κ3) is 5.41. The van der Waals surface area contributed by atoms with E-state index >= 15 is 0 Å². The third-order valence-corrected chi connectivity index (χ3v) is 5.40. The van der Waals surface area contributed by atoms with Crippen LogP contribution in [0.4, 0.5) is 10.5 Å². The number of anilines is 1. The lowest BCUT2D eigenvalue weighted by molar-refractivity contribution is 0.249. The van der Waals surface area contributed by atoms with Gasteiger partial charge in [0.05, 0.1) is 27.9 Å². The van der Waals surface area contributed by atoms with Crippen LogP contribution < -0.4 is 24.8 Å². The van der Waals surface area contributed by atoms with Crippen molar-refractivity contribution in [3.63, 3.8) is 0 Å². The molecule has 0 spiro atoms. The van der Waals surface area contributed by atoms with E-state index in [0.717, 1.165) is 16.8 Å². The maximum absolute atomic E-state index is 12.7. The molecule has 2 N–H and O–H groups in total. The van der Waals surface area contributed by atoms with Gasteiger partial charge in [0.1, 0.15) is 0 Å². The van der Waals surface area contributed by atoms with E-state index in [2.05, 4.69) is 48.5 Å². The lowest BCUT2D eigenvalue weighted by Gasteiger charge is -2.20. The second-order valence-corrected chi connectivity index (χ2v) is 8.35. The van der Waals surface area contributed by atoms with Crippen molar-refractivity contribution in [3.8, 4) is 28.6 Å². The van der Waals surface area contributed by atoms with Gasteiger partial charge in [-0.05, 0) is 35.1 Å². The molecule has 0 fully saturated rings. The second kappa shape index (κ2) is 10.9. The Labute approximate surface area is 199 Å². The molecule has 0 bridgehead atoms. The molecule has 0 radical (unpaired) electrons. The van der Waals surface area contributed by atoms with Crippen LogP contribution in [-0.4, -0.2) is 37.5 Å². The van der Waals surface area contributed by atoms with Crippen molar-refractivity contribution in [3.05, 3.63) is 47.3 Å². The van der Waals surface area contributed by atoms with Crippen LogP contribution in [0.15, 0.2) is 34.9 Å². The molecule has 34 heavy (non-hydrogen) atoms. The van der Waals surface area contributed by atoms with Gasteiger partial charge in [-0.25, -0.2) is 4.79 Å². The smallest absolute Gasteiger partial charge is 0.319 e. The number of hydrogen-bond donors (Lipinski definition) is 2. The van der Waals surface area contributed by atoms with E-state index in [0.29, 0.717) is 28.6 Å². The summed E-state index contributed by atoms with van der Waals surface area (Å²) in [6, 6.07) is 9.21. The number of methoxy groups -OCH3 is 3. The van der Waals surface area contributed by atoms with Crippen LogP contribution in [0.5, 0.6) is 17.2 Å². The molecule has 0 aliphatic carbocycles. The molecular formula is C25H32N4O5. The Morgan fingerprint density at radius 3 is 2.06 bits per heavy atom. The predicted octanol–water partition coefficient (Wildman–Crippen LogP) is 5.33. The summed E-state index contributed by atoms with van der Waals surface area (Å²) in [6.45, 7) is 8.48. The van der Waals surface area contributed by atoms with Gasteiger partial charge in [-0.15, -0.1) is 0 Å². The standard InChI is InChI=1S/C25H32N4O5/c1-14(2)17-9-8-10-18(15(3)4)22(17)28-25(30)26-13-21-27-24(29-34-21)16-11-19(31-5)23(33-7)20(12-16)32-6/h8-12,14-15H,13H2,1-7H3,(H2,26,28,30). The molecule has 3 aromatic rings. The van der Waals surface area contributed by atoms with Crippen LogP contribution in [0.2, 0.25) is 0 Å². The Hall–Kier alpha value is -3.75. The van der Waals surface area contributed by atoms with Crippen molar-refractivity contribution in [1.82, 2.24) is 15.5 Å². The topological polar surface area (TPSA) is 108 Å². The van der Waals surface area contributed by atoms with Gasteiger partial charge in [-0.1, -0.05) is 51.1 Å². The van der Waals surface area contributed by atoms with Crippen LogP contribution in [-0.2, 0) is 6.54 Å². The number of rotatable bonds is 9. The summed E-state index contributed by atoms with van der Waals surface area (Å²) >= 11 is 0. The van der Waals surface area contributed by atoms with Crippen molar-refractivity contribution >= 4 is 11.7 Å². The van der Waals surface area contributed by atoms with E-state index in [1.54, 1.807) is 12.1 Å². The average molecular weight is 469 g/mol. The number of hydrogen-bond acceptors (Lipinski definition) is 7. The van der Waals surface area contributed by atoms with Gasteiger partial charge in [0.2, 0.25) is 17.5 Å². The minimum atomic E-state index is -0.345. The van der Waals surface area contributed by atoms with Gasteiger partial charge in [0.15, 0.2) is 11.5 Å². The Bertz CT molecular complexity index is 1090. The molecule has 3 rings (SSSR count). The molecule has 9 heteroatoms. The number of benzene rings is 2. The van der Waals surface area contributed by atoms with Crippen LogP contribution >= 0.6 is 0 Å². The molecule has 182 valence electrons. The van der Waals surface area contributed by atoms with E-state index in [1.807, 2.05) is 18.2 Å². The first-order valence-electron chi connectivity index (χ1n) is 11.1. The monoisotopic (exact) mass is 468 g/mol. The molecular weight excluding hydrogens is 436 g/mol. The van der Waals surface area contributed by atoms with E-state index in [4.69, 9.17) is 18.7 Å². The molecule has 2 amide bonds. The van der Waals surface area contributed by atoms with Gasteiger partial charge in [0, 0.05) is 11.3 Å². The maximum Gasteiger partial charge on any atom is 0.319 e. The number of nitrogens with one attached hydrogen (secondary N) is 2. The Morgan fingerprint density at radius 2 is 1.56 bits per heavy atom. The number of carbonyl (C=O) groups excluding carboxylic acids is 1. The summed E-state index contributed by atoms with van der Waals surface area (Å²) in [5.74, 6) is 2.56. The van der Waals surface area contributed by atoms with Gasteiger partial charge in [-0.3, -0.25) is 0 Å². The molecule has 0 unspecified atom stereocenters. The second-order valence-electron chi connectivity index (χ2n) is 8.35. The zero-order chi connectivity index (χ0) is 24.8. The molecule has 0 aliphatic heterocycles. The quantitative estimate of drug-likeness (QED) is 0.437. The first-order valence-corrected chi connectivity index (χ1v) is 11.1. The fourth-order valence-corrected chi connectivity index (χ4v) is 3.66. The largest absolute Gasteiger partial charge is 0.493 e. The van der Waals surface area contributed by atoms with Crippen molar-refractivity contribution in [2.24, 2.45) is 0 Å². The molecule has 9 nitrogen and oxygen atoms in total. The molecule has 0 saturated carbocycles. The number of urea groups is 1. The van der Waals surface area contributed by atoms with E-state index in [-0.39, 0.29) is 30.3 Å². The first kappa shape index (κ1) is 24.9. The normalized spacial score (nSPS) is 11.0. The summed E-state index contributed by atoms with van der Waals surface area (Å²) in [4.78, 5) is 17.1. The molecule has 1 heterocycles. The van der Waals surface area contributed by atoms with Crippen LogP contribution in [0.1, 0.15) is 56.5 Å². The SMILES string of the molecule is COc1cc(-c2noc(CNC(=O)Nc3c(C(C)C)cccc3C(C)C)n2)cc(OC)c1OC. The Morgan fingerprint density at radius 1 is 0.971 bits per heavy atom. The van der Waals surface area contributed by atoms with Crippen molar-refractivity contribution < 1.29 is 23.5 Å². The van der Waals surface area contributed by atoms with Crippen LogP contribution in [0.25, 0.3) is 11.4 Å². The Kier molecular flexibility index (Phi) is 7.99. The first-order chi connectivity index (χ1) is 16.3. The maximum atomic E-state index is 12.7. The van der Waals surface area contributed by atoms with E-state index in [1.165, 1.54) is 21.3 Å². The highest BCUT2D eigenvalue weighted by atomic mass is 16.5. The Balaban J connectivity index is 1.74. The molecule has 1 aromatic heterocycles. The molecule has 2 aromatic carbocycles. The van der Waals surface area contributed by atoms with Gasteiger partial charge >= 0.3 is 6.03 Å². The molecule has 0 saturated heterocycles. The van der Waals surface area contributed by atoms with Gasteiger partial charge < -0.3 is 29.4 Å². The summed E-state index contributed by atoms with van der Waals surface area (Å²) in [6.07, 6.45) is 0. The van der Waals surface area contributed by atoms with Crippen molar-refractivity contribution in [2.45, 2.75) is 46.1 Å². The fourth-order valence-electron chi connectivity index (χ4n) is 3.66. The minimum absolute atomic E-state index is 0.0735. The highest BCUT2D eigenvalue weighted by Gasteiger charge is 2.19. The minimum Gasteiger partial charge on any atom is -0.493 e. The number of nitrogens with zero attached hydrogens (tertiary/aromatic N) is 2. The number of ether oxygens (including phenoxy) is 3. The summed E-state index contributed by atoms with van der Waals surface area (Å²) in [5.41, 5.74) is 3.64. The number of para-hydroxylation sites is 1. The average Bonchev–Trinajstić information content (AvgIpc) is 3.30. The van der Waals surface area contributed by atoms with Crippen LogP contribution in [0.3, 0.4) is 0 Å². The zero-order valence-electron chi connectivity index (χ0n) is 20.7. The van der Waals surface area contributed by atoms with E-state index < -0.39 is 0 Å². The fraction of sp³-hybridized carbons (Fsp3) is 0.400. The highest BCUT2D eigenvalue weighted by Crippen LogP contribution is 2.40. The van der Waals surface area contributed by atoms with Gasteiger partial charge in [0.25, 0.3) is 0 Å². The van der Waals surface area contributed by atoms with Crippen LogP contribution in [0, 0.1) is 0 Å². The lowest BCUT2D eigenvalue weighted by Crippen LogP contribution is -2.29. The van der Waals surface area contributed by atoms with Crippen molar-refractivity contribution in [2.75, 3.05) is 26.6 Å². The molecule has 0 aliphatic rings. The third-order valence-electron chi connectivity index (χ3n) is 5.40.